The molecular weight excluding hydrogens is 563 g/mol. The minimum atomic E-state index is -0.974. The molecule has 0 radical (unpaired) electrons. The van der Waals surface area contributed by atoms with Crippen LogP contribution in [0.4, 0.5) is 0 Å². The van der Waals surface area contributed by atoms with Crippen LogP contribution >= 0.6 is 23.2 Å². The summed E-state index contributed by atoms with van der Waals surface area (Å²) >= 11 is 12.4. The van der Waals surface area contributed by atoms with Crippen molar-refractivity contribution in [1.82, 2.24) is 20.4 Å². The second-order valence-corrected chi connectivity index (χ2v) is 12.5. The number of rotatable bonds is 9. The molecule has 41 heavy (non-hydrogen) atoms. The maximum atomic E-state index is 13.5. The largest absolute Gasteiger partial charge is 0.481 e. The Morgan fingerprint density at radius 3 is 2.24 bits per heavy atom. The highest BCUT2D eigenvalue weighted by atomic mass is 35.5. The van der Waals surface area contributed by atoms with Gasteiger partial charge in [0, 0.05) is 23.7 Å². The fourth-order valence-corrected chi connectivity index (χ4v) is 5.50. The highest BCUT2D eigenvalue weighted by Gasteiger charge is 2.31. The number of aliphatic carboxylic acids is 1. The lowest BCUT2D eigenvalue weighted by molar-refractivity contribution is -0.136. The minimum absolute atomic E-state index is 0.0526. The van der Waals surface area contributed by atoms with E-state index in [9.17, 15) is 14.4 Å². The van der Waals surface area contributed by atoms with E-state index in [4.69, 9.17) is 33.4 Å². The molecule has 3 N–H and O–H groups in total. The Bertz CT molecular complexity index is 1400. The lowest BCUT2D eigenvalue weighted by atomic mass is 9.71. The van der Waals surface area contributed by atoms with Gasteiger partial charge >= 0.3 is 5.97 Å². The number of carbonyl (C=O) groups excluding carboxylic acids is 2. The van der Waals surface area contributed by atoms with Gasteiger partial charge in [-0.25, -0.2) is 0 Å². The summed E-state index contributed by atoms with van der Waals surface area (Å²) in [4.78, 5) is 36.6. The fourth-order valence-electron chi connectivity index (χ4n) is 5.20. The quantitative estimate of drug-likeness (QED) is 0.262. The Hall–Kier alpha value is -3.36. The van der Waals surface area contributed by atoms with Crippen molar-refractivity contribution in [2.45, 2.75) is 65.5 Å². The Morgan fingerprint density at radius 1 is 0.951 bits per heavy atom. The van der Waals surface area contributed by atoms with Gasteiger partial charge < -0.3 is 15.7 Å². The summed E-state index contributed by atoms with van der Waals surface area (Å²) in [7, 11) is 0. The van der Waals surface area contributed by atoms with Crippen LogP contribution in [0.25, 0.3) is 11.3 Å². The Kier molecular flexibility index (Phi) is 9.76. The molecule has 1 aromatic heterocycles. The van der Waals surface area contributed by atoms with Crippen LogP contribution in [0.3, 0.4) is 0 Å². The van der Waals surface area contributed by atoms with E-state index in [1.165, 1.54) is 0 Å². The smallest absolute Gasteiger partial charge is 0.305 e. The second kappa shape index (κ2) is 13.1. The molecule has 1 heterocycles. The number of hydrogen-bond donors (Lipinski definition) is 3. The maximum absolute atomic E-state index is 13.5. The summed E-state index contributed by atoms with van der Waals surface area (Å²) in [6, 6.07) is 14.0. The molecule has 1 aliphatic rings. The maximum Gasteiger partial charge on any atom is 0.305 e. The number of aromatic nitrogens is 2. The van der Waals surface area contributed by atoms with Crippen LogP contribution in [0.1, 0.15) is 79.3 Å². The highest BCUT2D eigenvalue weighted by molar-refractivity contribution is 6.42. The van der Waals surface area contributed by atoms with Crippen LogP contribution in [-0.4, -0.2) is 45.3 Å². The topological polar surface area (TPSA) is 113 Å². The van der Waals surface area contributed by atoms with E-state index < -0.39 is 5.97 Å². The first-order valence-electron chi connectivity index (χ1n) is 13.8. The van der Waals surface area contributed by atoms with Crippen molar-refractivity contribution in [2.24, 2.45) is 11.3 Å². The van der Waals surface area contributed by atoms with Crippen LogP contribution in [0, 0.1) is 11.3 Å². The number of nitrogens with zero attached hydrogens (tertiary/aromatic N) is 2. The summed E-state index contributed by atoms with van der Waals surface area (Å²) in [5.74, 6) is -0.861. The highest BCUT2D eigenvalue weighted by Crippen LogP contribution is 2.38. The van der Waals surface area contributed by atoms with Crippen LogP contribution in [0.15, 0.2) is 48.5 Å². The monoisotopic (exact) mass is 598 g/mol. The number of carboxylic acid groups (broad SMARTS) is 1. The average Bonchev–Trinajstić information content (AvgIpc) is 3.34. The van der Waals surface area contributed by atoms with Crippen molar-refractivity contribution < 1.29 is 19.5 Å². The van der Waals surface area contributed by atoms with Gasteiger partial charge in [0.2, 0.25) is 0 Å². The van der Waals surface area contributed by atoms with E-state index in [0.29, 0.717) is 39.5 Å². The lowest BCUT2D eigenvalue weighted by Crippen LogP contribution is -2.40. The molecule has 0 aliphatic heterocycles. The predicted octanol–water partition coefficient (Wildman–Crippen LogP) is 6.44. The lowest BCUT2D eigenvalue weighted by Gasteiger charge is -2.37. The van der Waals surface area contributed by atoms with E-state index in [1.807, 2.05) is 6.07 Å². The zero-order chi connectivity index (χ0) is 29.7. The molecule has 4 rings (SSSR count). The van der Waals surface area contributed by atoms with Crippen molar-refractivity contribution in [3.05, 3.63) is 75.4 Å². The van der Waals surface area contributed by atoms with E-state index in [2.05, 4.69) is 31.4 Å². The minimum Gasteiger partial charge on any atom is -0.481 e. The molecule has 0 atom stereocenters. The number of benzene rings is 2. The number of halogens is 2. The Labute approximate surface area is 250 Å². The predicted molar refractivity (Wildman–Crippen MR) is 160 cm³/mol. The van der Waals surface area contributed by atoms with Crippen LogP contribution in [0.2, 0.25) is 10.0 Å². The zero-order valence-corrected chi connectivity index (χ0v) is 25.1. The molecule has 0 spiro atoms. The van der Waals surface area contributed by atoms with Gasteiger partial charge in [0.05, 0.1) is 28.7 Å². The molecule has 1 saturated carbocycles. The zero-order valence-electron chi connectivity index (χ0n) is 23.5. The Morgan fingerprint density at radius 2 is 1.63 bits per heavy atom. The van der Waals surface area contributed by atoms with Gasteiger partial charge in [0.25, 0.3) is 11.8 Å². The molecule has 1 aliphatic carbocycles. The van der Waals surface area contributed by atoms with Gasteiger partial charge in [-0.05, 0) is 72.9 Å². The molecule has 2 aromatic carbocycles. The average molecular weight is 600 g/mol. The number of nitrogens with one attached hydrogen (secondary N) is 2. The molecule has 0 bridgehead atoms. The van der Waals surface area contributed by atoms with E-state index >= 15 is 0 Å². The molecule has 218 valence electrons. The Balaban J connectivity index is 1.52. The summed E-state index contributed by atoms with van der Waals surface area (Å²) in [6.07, 6.45) is 3.90. The van der Waals surface area contributed by atoms with E-state index in [0.717, 1.165) is 36.8 Å². The molecule has 2 amide bonds. The first-order valence-corrected chi connectivity index (χ1v) is 14.6. The number of hydrogen-bond acceptors (Lipinski definition) is 4. The van der Waals surface area contributed by atoms with Crippen molar-refractivity contribution in [3.63, 3.8) is 0 Å². The first-order chi connectivity index (χ1) is 19.4. The normalized spacial score (nSPS) is 17.2. The van der Waals surface area contributed by atoms with E-state index in [-0.39, 0.29) is 36.2 Å². The summed E-state index contributed by atoms with van der Waals surface area (Å²) in [6.45, 7) is 7.19. The fraction of sp³-hybridized carbons (Fsp3) is 0.419. The number of amides is 2. The van der Waals surface area contributed by atoms with Gasteiger partial charge in [0.15, 0.2) is 0 Å². The molecule has 1 fully saturated rings. The third kappa shape index (κ3) is 8.11. The van der Waals surface area contributed by atoms with Gasteiger partial charge in [-0.2, -0.15) is 5.10 Å². The van der Waals surface area contributed by atoms with Gasteiger partial charge in [-0.1, -0.05) is 62.2 Å². The standard InChI is InChI=1S/C31H36Cl2N4O4/c1-31(2,3)22-9-11-23(12-10-22)35-30(41)27-17-26(21-8-13-24(32)25(33)16-21)36-37(27)18-19-4-6-20(7-5-19)29(40)34-15-14-28(38)39/h4-8,13,16-17,22-23H,9-12,14-15,18H2,1-3H3,(H,34,40)(H,35,41)(H,38,39). The third-order valence-corrected chi connectivity index (χ3v) is 8.43. The van der Waals surface area contributed by atoms with Crippen LogP contribution in [-0.2, 0) is 11.3 Å². The molecule has 0 saturated heterocycles. The van der Waals surface area contributed by atoms with Gasteiger partial charge in [-0.3, -0.25) is 19.1 Å². The molecule has 0 unspecified atom stereocenters. The second-order valence-electron chi connectivity index (χ2n) is 11.7. The molecule has 10 heteroatoms. The first kappa shape index (κ1) is 30.6. The third-order valence-electron chi connectivity index (χ3n) is 7.69. The van der Waals surface area contributed by atoms with Gasteiger partial charge in [-0.15, -0.1) is 0 Å². The number of carboxylic acids is 1. The molecule has 8 nitrogen and oxygen atoms in total. The van der Waals surface area contributed by atoms with Crippen molar-refractivity contribution in [1.29, 1.82) is 0 Å². The summed E-state index contributed by atoms with van der Waals surface area (Å²) in [5, 5.41) is 20.2. The summed E-state index contributed by atoms with van der Waals surface area (Å²) < 4.78 is 1.66. The summed E-state index contributed by atoms with van der Waals surface area (Å²) in [5.41, 5.74) is 3.29. The van der Waals surface area contributed by atoms with Crippen LogP contribution in [0.5, 0.6) is 0 Å². The van der Waals surface area contributed by atoms with Crippen molar-refractivity contribution in [2.75, 3.05) is 6.54 Å². The van der Waals surface area contributed by atoms with Crippen molar-refractivity contribution >= 4 is 41.0 Å². The van der Waals surface area contributed by atoms with Crippen molar-refractivity contribution in [3.8, 4) is 11.3 Å². The number of carbonyl (C=O) groups is 3. The SMILES string of the molecule is CC(C)(C)C1CCC(NC(=O)c2cc(-c3ccc(Cl)c(Cl)c3)nn2Cc2ccc(C(=O)NCCC(=O)O)cc2)CC1. The molecule has 3 aromatic rings. The van der Waals surface area contributed by atoms with Crippen LogP contribution < -0.4 is 10.6 Å². The van der Waals surface area contributed by atoms with Gasteiger partial charge in [0.1, 0.15) is 5.69 Å². The molecular formula is C31H36Cl2N4O4. The van der Waals surface area contributed by atoms with E-state index in [1.54, 1.807) is 47.1 Å².